The molecule has 2 aromatic heterocycles. The van der Waals surface area contributed by atoms with Crippen molar-refractivity contribution in [1.82, 2.24) is 14.3 Å². The minimum Gasteiger partial charge on any atom is -0.477 e. The lowest BCUT2D eigenvalue weighted by Gasteiger charge is -2.38. The highest BCUT2D eigenvalue weighted by molar-refractivity contribution is 5.96. The third-order valence-electron chi connectivity index (χ3n) is 5.52. The summed E-state index contributed by atoms with van der Waals surface area (Å²) in [5, 5.41) is 15.1. The van der Waals surface area contributed by atoms with Gasteiger partial charge in [0.1, 0.15) is 11.1 Å². The number of benzene rings is 1. The third-order valence-corrected chi connectivity index (χ3v) is 5.52. The van der Waals surface area contributed by atoms with Gasteiger partial charge < -0.3 is 19.1 Å². The molecule has 31 heavy (non-hydrogen) atoms. The van der Waals surface area contributed by atoms with Crippen molar-refractivity contribution in [3.8, 4) is 17.1 Å². The van der Waals surface area contributed by atoms with E-state index in [0.29, 0.717) is 30.1 Å². The summed E-state index contributed by atoms with van der Waals surface area (Å²) in [5.74, 6) is -0.634. The lowest BCUT2D eigenvalue weighted by Crippen LogP contribution is -2.35. The number of ether oxygens (including phenoxy) is 2. The normalized spacial score (nSPS) is 15.8. The summed E-state index contributed by atoms with van der Waals surface area (Å²) >= 11 is 0. The highest BCUT2D eigenvalue weighted by atomic mass is 16.5. The fraction of sp³-hybridized carbons (Fsp3) is 0.348. The van der Waals surface area contributed by atoms with Gasteiger partial charge in [-0.3, -0.25) is 9.48 Å². The van der Waals surface area contributed by atoms with Gasteiger partial charge in [-0.05, 0) is 17.6 Å². The molecule has 0 amide bonds. The molecule has 8 nitrogen and oxygen atoms in total. The van der Waals surface area contributed by atoms with Crippen LogP contribution in [0.2, 0.25) is 0 Å². The second-order valence-corrected chi connectivity index (χ2v) is 8.66. The Labute approximate surface area is 179 Å². The van der Waals surface area contributed by atoms with Crippen molar-refractivity contribution in [3.63, 3.8) is 0 Å². The largest absolute Gasteiger partial charge is 0.477 e. The summed E-state index contributed by atoms with van der Waals surface area (Å²) in [7, 11) is 1.61. The van der Waals surface area contributed by atoms with E-state index in [9.17, 15) is 14.7 Å². The highest BCUT2D eigenvalue weighted by Crippen LogP contribution is 2.43. The Balaban J connectivity index is 1.94. The Kier molecular flexibility index (Phi) is 5.18. The van der Waals surface area contributed by atoms with Crippen molar-refractivity contribution in [3.05, 3.63) is 58.6 Å². The molecule has 1 N–H and O–H groups in total. The molecule has 1 aromatic carbocycles. The van der Waals surface area contributed by atoms with Crippen LogP contribution < -0.4 is 10.2 Å². The van der Waals surface area contributed by atoms with E-state index in [-0.39, 0.29) is 17.0 Å². The van der Waals surface area contributed by atoms with E-state index in [2.05, 4.69) is 20.8 Å². The summed E-state index contributed by atoms with van der Waals surface area (Å²) in [6.45, 7) is 7.24. The minimum atomic E-state index is -1.23. The van der Waals surface area contributed by atoms with Gasteiger partial charge in [-0.25, -0.2) is 4.79 Å². The quantitative estimate of drug-likeness (QED) is 0.629. The first-order valence-electron chi connectivity index (χ1n) is 10.0. The molecule has 0 spiro atoms. The van der Waals surface area contributed by atoms with Gasteiger partial charge in [0.05, 0.1) is 36.8 Å². The van der Waals surface area contributed by atoms with Gasteiger partial charge in [0, 0.05) is 24.8 Å². The second-order valence-electron chi connectivity index (χ2n) is 8.66. The van der Waals surface area contributed by atoms with E-state index in [1.807, 2.05) is 27.4 Å². The van der Waals surface area contributed by atoms with Crippen LogP contribution in [0.3, 0.4) is 0 Å². The smallest absolute Gasteiger partial charge is 0.341 e. The number of hydrogen-bond donors (Lipinski definition) is 1. The lowest BCUT2D eigenvalue weighted by atomic mass is 9.85. The molecule has 3 heterocycles. The summed E-state index contributed by atoms with van der Waals surface area (Å²) in [4.78, 5) is 24.2. The molecule has 1 unspecified atom stereocenters. The van der Waals surface area contributed by atoms with Gasteiger partial charge in [-0.1, -0.05) is 32.9 Å². The highest BCUT2D eigenvalue weighted by Gasteiger charge is 2.35. The number of fused-ring (bicyclic) bond motifs is 5. The van der Waals surface area contributed by atoms with Crippen LogP contribution in [-0.4, -0.2) is 39.1 Å². The van der Waals surface area contributed by atoms with Crippen LogP contribution in [0.5, 0.6) is 5.75 Å². The number of carboxylic acids is 1. The van der Waals surface area contributed by atoms with Gasteiger partial charge in [0.15, 0.2) is 11.2 Å². The fourth-order valence-electron chi connectivity index (χ4n) is 3.98. The van der Waals surface area contributed by atoms with E-state index in [4.69, 9.17) is 14.6 Å². The molecule has 8 heteroatoms. The maximum atomic E-state index is 12.6. The number of rotatable bonds is 5. The van der Waals surface area contributed by atoms with E-state index < -0.39 is 11.4 Å². The van der Waals surface area contributed by atoms with Crippen LogP contribution in [0.25, 0.3) is 22.3 Å². The zero-order valence-electron chi connectivity index (χ0n) is 18.0. The van der Waals surface area contributed by atoms with Crippen molar-refractivity contribution >= 4 is 16.9 Å². The van der Waals surface area contributed by atoms with Crippen molar-refractivity contribution in [2.24, 2.45) is 5.41 Å². The molecule has 0 saturated heterocycles. The topological polar surface area (TPSA) is 95.6 Å². The van der Waals surface area contributed by atoms with Crippen molar-refractivity contribution in [1.29, 1.82) is 0 Å². The third kappa shape index (κ3) is 3.63. The van der Waals surface area contributed by atoms with Crippen LogP contribution in [0.1, 0.15) is 37.2 Å². The molecule has 1 aliphatic heterocycles. The van der Waals surface area contributed by atoms with E-state index in [1.165, 1.54) is 12.3 Å². The SMILES string of the molecule is COC/C=C/Oc1cccc2c3n(nc12)CC(C(C)(C)C)n1cc(C(=O)O)c(=O)cc1-3. The van der Waals surface area contributed by atoms with Gasteiger partial charge in [-0.2, -0.15) is 5.10 Å². The van der Waals surface area contributed by atoms with Crippen LogP contribution >= 0.6 is 0 Å². The number of aromatic nitrogens is 3. The molecule has 0 fully saturated rings. The minimum absolute atomic E-state index is 0.0889. The fourth-order valence-corrected chi connectivity index (χ4v) is 3.98. The molecule has 1 atom stereocenters. The molecule has 0 bridgehead atoms. The zero-order chi connectivity index (χ0) is 22.3. The van der Waals surface area contributed by atoms with Crippen LogP contribution in [0.4, 0.5) is 0 Å². The first-order valence-corrected chi connectivity index (χ1v) is 10.0. The number of methoxy groups -OCH3 is 1. The second kappa shape index (κ2) is 7.70. The summed E-state index contributed by atoms with van der Waals surface area (Å²) in [6, 6.07) is 6.94. The maximum absolute atomic E-state index is 12.6. The van der Waals surface area contributed by atoms with Gasteiger partial charge in [0.25, 0.3) is 0 Å². The summed E-state index contributed by atoms with van der Waals surface area (Å²) in [5.41, 5.74) is 1.14. The number of nitrogens with zero attached hydrogens (tertiary/aromatic N) is 3. The molecule has 0 saturated carbocycles. The van der Waals surface area contributed by atoms with Crippen LogP contribution in [0, 0.1) is 5.41 Å². The number of carboxylic acid groups (broad SMARTS) is 1. The molecule has 162 valence electrons. The zero-order valence-corrected chi connectivity index (χ0v) is 18.0. The van der Waals surface area contributed by atoms with Crippen molar-refractivity contribution in [2.75, 3.05) is 13.7 Å². The van der Waals surface area contributed by atoms with Crippen molar-refractivity contribution < 1.29 is 19.4 Å². The molecule has 0 aliphatic carbocycles. The predicted molar refractivity (Wildman–Crippen MR) is 117 cm³/mol. The van der Waals surface area contributed by atoms with Gasteiger partial charge in [-0.15, -0.1) is 0 Å². The van der Waals surface area contributed by atoms with Gasteiger partial charge >= 0.3 is 5.97 Å². The van der Waals surface area contributed by atoms with Crippen LogP contribution in [-0.2, 0) is 11.3 Å². The Bertz CT molecular complexity index is 1250. The standard InChI is InChI=1S/C23H25N3O5/c1-23(2,3)19-13-26-21(16-11-17(27)15(22(28)29)12-25(16)19)14-7-5-8-18(20(14)24-26)31-10-6-9-30-4/h5-8,10-12,19H,9,13H2,1-4H3,(H,28,29)/b10-6+. The number of aromatic carboxylic acids is 1. The molecule has 3 aromatic rings. The summed E-state index contributed by atoms with van der Waals surface area (Å²) < 4.78 is 14.6. The average molecular weight is 423 g/mol. The number of hydrogen-bond acceptors (Lipinski definition) is 5. The average Bonchev–Trinajstić information content (AvgIpc) is 3.09. The van der Waals surface area contributed by atoms with Crippen LogP contribution in [0.15, 0.2) is 47.6 Å². The Morgan fingerprint density at radius 3 is 2.81 bits per heavy atom. The number of carbonyl (C=O) groups is 1. The Morgan fingerprint density at radius 2 is 2.13 bits per heavy atom. The van der Waals surface area contributed by atoms with E-state index >= 15 is 0 Å². The van der Waals surface area contributed by atoms with Crippen molar-refractivity contribution in [2.45, 2.75) is 33.4 Å². The molecule has 4 rings (SSSR count). The first-order chi connectivity index (χ1) is 14.7. The molecular weight excluding hydrogens is 398 g/mol. The van der Waals surface area contributed by atoms with E-state index in [0.717, 1.165) is 11.1 Å². The lowest BCUT2D eigenvalue weighted by molar-refractivity contribution is 0.0693. The monoisotopic (exact) mass is 423 g/mol. The Morgan fingerprint density at radius 1 is 1.35 bits per heavy atom. The maximum Gasteiger partial charge on any atom is 0.341 e. The summed E-state index contributed by atoms with van der Waals surface area (Å²) in [6.07, 6.45) is 4.78. The first kappa shape index (κ1) is 20.9. The molecule has 0 radical (unpaired) electrons. The molecular formula is C23H25N3O5. The Hall–Kier alpha value is -3.39. The van der Waals surface area contributed by atoms with Gasteiger partial charge in [0.2, 0.25) is 0 Å². The predicted octanol–water partition coefficient (Wildman–Crippen LogP) is 3.70. The number of pyridine rings is 1. The molecule has 1 aliphatic rings. The van der Waals surface area contributed by atoms with E-state index in [1.54, 1.807) is 19.4 Å².